The Morgan fingerprint density at radius 3 is 2.72 bits per heavy atom. The fourth-order valence-corrected chi connectivity index (χ4v) is 3.51. The zero-order valence-electron chi connectivity index (χ0n) is 14.9. The second-order valence-electron chi connectivity index (χ2n) is 6.24. The van der Waals surface area contributed by atoms with Gasteiger partial charge >= 0.3 is 5.97 Å². The Kier molecular flexibility index (Phi) is 6.96. The summed E-state index contributed by atoms with van der Waals surface area (Å²) in [7, 11) is -1.86. The molecule has 6 nitrogen and oxygen atoms in total. The van der Waals surface area contributed by atoms with E-state index in [2.05, 4.69) is 5.32 Å². The molecule has 4 N–H and O–H groups in total. The maximum absolute atomic E-state index is 11.9. The molecular formula is C18H26NO5P. The highest BCUT2D eigenvalue weighted by Gasteiger charge is 2.30. The molecule has 0 saturated heterocycles. The van der Waals surface area contributed by atoms with Crippen molar-refractivity contribution in [2.45, 2.75) is 40.2 Å². The van der Waals surface area contributed by atoms with Crippen LogP contribution in [-0.4, -0.2) is 40.1 Å². The third kappa shape index (κ3) is 4.59. The fraction of sp³-hybridized carbons (Fsp3) is 0.500. The van der Waals surface area contributed by atoms with Crippen LogP contribution in [0, 0.1) is 6.92 Å². The highest BCUT2D eigenvalue weighted by molar-refractivity contribution is 7.45. The van der Waals surface area contributed by atoms with Gasteiger partial charge in [-0.25, -0.2) is 4.79 Å². The molecule has 1 aliphatic heterocycles. The largest absolute Gasteiger partial charge is 0.507 e. The minimum absolute atomic E-state index is 0.0446. The number of phenols is 1. The van der Waals surface area contributed by atoms with Crippen LogP contribution in [0.3, 0.4) is 0 Å². The van der Waals surface area contributed by atoms with E-state index < -0.39 is 14.3 Å². The lowest BCUT2D eigenvalue weighted by molar-refractivity contribution is 0.0533. The Morgan fingerprint density at radius 1 is 1.36 bits per heavy atom. The Balaban J connectivity index is 2.16. The molecule has 0 fully saturated rings. The smallest absolute Gasteiger partial charge is 0.342 e. The van der Waals surface area contributed by atoms with Crippen LogP contribution in [-0.2, 0) is 24.2 Å². The van der Waals surface area contributed by atoms with Crippen LogP contribution in [0.4, 0.5) is 0 Å². The Labute approximate surface area is 149 Å². The highest BCUT2D eigenvalue weighted by Crippen LogP contribution is 2.38. The van der Waals surface area contributed by atoms with Gasteiger partial charge in [0.15, 0.2) is 8.38 Å². The van der Waals surface area contributed by atoms with E-state index in [4.69, 9.17) is 14.5 Å². The number of rotatable bonds is 8. The molecule has 0 radical (unpaired) electrons. The number of nitrogens with one attached hydrogen (secondary N) is 1. The fourth-order valence-electron chi connectivity index (χ4n) is 3.15. The van der Waals surface area contributed by atoms with Gasteiger partial charge in [0.25, 0.3) is 0 Å². The second kappa shape index (κ2) is 8.77. The lowest BCUT2D eigenvalue weighted by Crippen LogP contribution is -2.19. The van der Waals surface area contributed by atoms with E-state index in [1.54, 1.807) is 0 Å². The van der Waals surface area contributed by atoms with Crippen LogP contribution in [0.5, 0.6) is 5.75 Å². The molecule has 1 aromatic rings. The molecule has 1 heterocycles. The average Bonchev–Trinajstić information content (AvgIpc) is 2.95. The van der Waals surface area contributed by atoms with Crippen LogP contribution >= 0.6 is 8.38 Å². The predicted octanol–water partition coefficient (Wildman–Crippen LogP) is 2.31. The molecule has 0 saturated carbocycles. The Bertz CT molecular complexity index is 685. The molecule has 1 aliphatic rings. The molecule has 0 spiro atoms. The van der Waals surface area contributed by atoms with Gasteiger partial charge in [-0.15, -0.1) is 0 Å². The highest BCUT2D eigenvalue weighted by atomic mass is 31.2. The molecule has 0 atom stereocenters. The van der Waals surface area contributed by atoms with E-state index >= 15 is 0 Å². The van der Waals surface area contributed by atoms with Gasteiger partial charge in [-0.05, 0) is 37.8 Å². The standard InChI is InChI=1S/C18H26NO5P/c1-4-13-12(3)15-10-24-18(21)16(15)17(20)14(13)6-5-11(2)9-19-7-8-25(22)23/h5,19-20,22-23H,4,6-10H2,1-3H3/b11-5+. The van der Waals surface area contributed by atoms with Crippen molar-refractivity contribution in [1.29, 1.82) is 0 Å². The van der Waals surface area contributed by atoms with E-state index in [9.17, 15) is 9.90 Å². The number of hydrogen-bond acceptors (Lipinski definition) is 6. The van der Waals surface area contributed by atoms with Crippen LogP contribution < -0.4 is 5.32 Å². The molecule has 0 bridgehead atoms. The van der Waals surface area contributed by atoms with Crippen molar-refractivity contribution in [3.8, 4) is 5.75 Å². The number of carbonyl (C=O) groups excluding carboxylic acids is 1. The number of aromatic hydroxyl groups is 1. The van der Waals surface area contributed by atoms with E-state index in [1.807, 2.05) is 26.8 Å². The van der Waals surface area contributed by atoms with Crippen LogP contribution in [0.2, 0.25) is 0 Å². The number of allylic oxidation sites excluding steroid dienone is 1. The van der Waals surface area contributed by atoms with Crippen LogP contribution in [0.25, 0.3) is 0 Å². The van der Waals surface area contributed by atoms with Gasteiger partial charge in [-0.2, -0.15) is 0 Å². The van der Waals surface area contributed by atoms with E-state index in [-0.39, 0.29) is 12.4 Å². The maximum Gasteiger partial charge on any atom is 0.342 e. The number of fused-ring (bicyclic) bond motifs is 1. The molecule has 7 heteroatoms. The molecule has 2 rings (SSSR count). The SMILES string of the molecule is CCc1c(C)c2c(c(O)c1C/C=C(\C)CNCCP(O)O)C(=O)OC2. The minimum Gasteiger partial charge on any atom is -0.507 e. The van der Waals surface area contributed by atoms with E-state index in [0.717, 1.165) is 34.2 Å². The van der Waals surface area contributed by atoms with Gasteiger partial charge in [0.2, 0.25) is 0 Å². The van der Waals surface area contributed by atoms with Gasteiger partial charge in [0.1, 0.15) is 17.9 Å². The van der Waals surface area contributed by atoms with Gasteiger partial charge < -0.3 is 24.9 Å². The van der Waals surface area contributed by atoms with Crippen LogP contribution in [0.15, 0.2) is 11.6 Å². The summed E-state index contributed by atoms with van der Waals surface area (Å²) in [6.45, 7) is 7.40. The summed E-state index contributed by atoms with van der Waals surface area (Å²) < 4.78 is 5.09. The Hall–Kier alpha value is -1.46. The normalized spacial score (nSPS) is 14.2. The summed E-state index contributed by atoms with van der Waals surface area (Å²) in [4.78, 5) is 29.7. The van der Waals surface area contributed by atoms with Crippen molar-refractivity contribution in [2.75, 3.05) is 19.3 Å². The van der Waals surface area contributed by atoms with Gasteiger partial charge in [-0.3, -0.25) is 0 Å². The van der Waals surface area contributed by atoms with Crippen molar-refractivity contribution in [1.82, 2.24) is 5.32 Å². The third-order valence-corrected chi connectivity index (χ3v) is 5.17. The molecule has 1 aromatic carbocycles. The first-order valence-corrected chi connectivity index (χ1v) is 9.84. The molecule has 0 unspecified atom stereocenters. The number of benzene rings is 1. The summed E-state index contributed by atoms with van der Waals surface area (Å²) in [5, 5.41) is 13.8. The van der Waals surface area contributed by atoms with E-state index in [0.29, 0.717) is 31.2 Å². The molecule has 0 amide bonds. The maximum atomic E-state index is 11.9. The first kappa shape index (κ1) is 19.9. The van der Waals surface area contributed by atoms with Gasteiger partial charge in [-0.1, -0.05) is 18.6 Å². The first-order valence-electron chi connectivity index (χ1n) is 8.41. The lowest BCUT2D eigenvalue weighted by Gasteiger charge is -2.16. The number of cyclic esters (lactones) is 1. The number of carbonyl (C=O) groups is 1. The van der Waals surface area contributed by atoms with Crippen molar-refractivity contribution in [2.24, 2.45) is 0 Å². The molecule has 138 valence electrons. The molecule has 25 heavy (non-hydrogen) atoms. The van der Waals surface area contributed by atoms with E-state index in [1.165, 1.54) is 0 Å². The van der Waals surface area contributed by atoms with Crippen molar-refractivity contribution < 1.29 is 24.4 Å². The third-order valence-electron chi connectivity index (χ3n) is 4.55. The predicted molar refractivity (Wildman–Crippen MR) is 97.9 cm³/mol. The second-order valence-corrected chi connectivity index (χ2v) is 7.43. The summed E-state index contributed by atoms with van der Waals surface area (Å²) in [6, 6.07) is 0. The average molecular weight is 367 g/mol. The zero-order chi connectivity index (χ0) is 18.6. The number of esters is 1. The molecule has 0 aromatic heterocycles. The number of hydrogen-bond donors (Lipinski definition) is 4. The van der Waals surface area contributed by atoms with Crippen molar-refractivity contribution in [3.63, 3.8) is 0 Å². The van der Waals surface area contributed by atoms with Crippen molar-refractivity contribution >= 4 is 14.3 Å². The number of phenolic OH excluding ortho intramolecular Hbond substituents is 1. The van der Waals surface area contributed by atoms with Crippen molar-refractivity contribution in [3.05, 3.63) is 39.5 Å². The minimum atomic E-state index is -1.86. The van der Waals surface area contributed by atoms with Gasteiger partial charge in [0, 0.05) is 30.4 Å². The summed E-state index contributed by atoms with van der Waals surface area (Å²) in [5.41, 5.74) is 5.08. The van der Waals surface area contributed by atoms with Gasteiger partial charge in [0.05, 0.1) is 0 Å². The quantitative estimate of drug-likeness (QED) is 0.244. The summed E-state index contributed by atoms with van der Waals surface area (Å²) in [5.74, 6) is -0.408. The first-order chi connectivity index (χ1) is 11.9. The van der Waals surface area contributed by atoms with Crippen LogP contribution in [0.1, 0.15) is 46.5 Å². The monoisotopic (exact) mass is 367 g/mol. The summed E-state index contributed by atoms with van der Waals surface area (Å²) >= 11 is 0. The molecular weight excluding hydrogens is 341 g/mol. The Morgan fingerprint density at radius 2 is 2.08 bits per heavy atom. The lowest BCUT2D eigenvalue weighted by atomic mass is 9.89. The number of ether oxygens (including phenoxy) is 1. The summed E-state index contributed by atoms with van der Waals surface area (Å²) in [6.07, 6.45) is 3.68. The zero-order valence-corrected chi connectivity index (χ0v) is 15.8. The molecule has 0 aliphatic carbocycles. The topological polar surface area (TPSA) is 99.0 Å².